The van der Waals surface area contributed by atoms with E-state index in [2.05, 4.69) is 4.90 Å². The molecule has 7 nitrogen and oxygen atoms in total. The van der Waals surface area contributed by atoms with Crippen molar-refractivity contribution in [2.45, 2.75) is 25.5 Å². The summed E-state index contributed by atoms with van der Waals surface area (Å²) in [6.07, 6.45) is 2.34. The molecule has 8 heteroatoms. The van der Waals surface area contributed by atoms with Gasteiger partial charge >= 0.3 is 0 Å². The number of benzene rings is 1. The summed E-state index contributed by atoms with van der Waals surface area (Å²) in [7, 11) is -3.44. The van der Waals surface area contributed by atoms with Crippen molar-refractivity contribution in [1.29, 1.82) is 0 Å². The Bertz CT molecular complexity index is 599. The fourth-order valence-corrected chi connectivity index (χ4v) is 3.12. The van der Waals surface area contributed by atoms with Gasteiger partial charge in [-0.1, -0.05) is 12.1 Å². The molecule has 0 aliphatic carbocycles. The summed E-state index contributed by atoms with van der Waals surface area (Å²) in [5, 5.41) is 10.6. The van der Waals surface area contributed by atoms with Crippen LogP contribution in [0.4, 0.5) is 5.69 Å². The Hall–Kier alpha value is -1.51. The Morgan fingerprint density at radius 1 is 1.38 bits per heavy atom. The van der Waals surface area contributed by atoms with E-state index >= 15 is 0 Å². The molecule has 0 amide bonds. The first-order valence-corrected chi connectivity index (χ1v) is 8.49. The van der Waals surface area contributed by atoms with Crippen LogP contribution in [0.15, 0.2) is 24.3 Å². The summed E-state index contributed by atoms with van der Waals surface area (Å²) in [5.74, 6) is 0. The van der Waals surface area contributed by atoms with E-state index in [1.807, 2.05) is 0 Å². The van der Waals surface area contributed by atoms with Gasteiger partial charge in [-0.25, -0.2) is 0 Å². The number of nitro benzene ring substituents is 1. The normalized spacial score (nSPS) is 20.3. The maximum Gasteiger partial charge on any atom is 0.269 e. The smallest absolute Gasteiger partial charge is 0.269 e. The van der Waals surface area contributed by atoms with Gasteiger partial charge < -0.3 is 0 Å². The van der Waals surface area contributed by atoms with E-state index in [1.165, 1.54) is 12.1 Å². The Kier molecular flexibility index (Phi) is 4.92. The Morgan fingerprint density at radius 3 is 2.62 bits per heavy atom. The van der Waals surface area contributed by atoms with Crippen LogP contribution in [-0.2, 0) is 20.8 Å². The van der Waals surface area contributed by atoms with E-state index in [0.29, 0.717) is 13.1 Å². The zero-order chi connectivity index (χ0) is 15.5. The second-order valence-electron chi connectivity index (χ2n) is 5.22. The van der Waals surface area contributed by atoms with Gasteiger partial charge in [-0.05, 0) is 24.9 Å². The highest BCUT2D eigenvalue weighted by Crippen LogP contribution is 2.19. The van der Waals surface area contributed by atoms with Crippen molar-refractivity contribution in [2.24, 2.45) is 0 Å². The SMILES string of the molecule is CS(=O)(=O)OC1CCCN(Cc2ccc([N+](=O)[O-])cc2)C1. The van der Waals surface area contributed by atoms with Crippen LogP contribution in [0.1, 0.15) is 18.4 Å². The number of likely N-dealkylation sites (tertiary alicyclic amines) is 1. The van der Waals surface area contributed by atoms with Crippen LogP contribution in [0.25, 0.3) is 0 Å². The number of hydrogen-bond acceptors (Lipinski definition) is 6. The zero-order valence-electron chi connectivity index (χ0n) is 11.8. The third-order valence-electron chi connectivity index (χ3n) is 3.33. The molecule has 0 radical (unpaired) electrons. The van der Waals surface area contributed by atoms with E-state index in [-0.39, 0.29) is 11.8 Å². The minimum Gasteiger partial charge on any atom is -0.296 e. The van der Waals surface area contributed by atoms with Crippen molar-refractivity contribution in [1.82, 2.24) is 4.90 Å². The molecule has 0 saturated carbocycles. The molecule has 1 saturated heterocycles. The monoisotopic (exact) mass is 314 g/mol. The molecule has 1 aliphatic heterocycles. The molecule has 116 valence electrons. The van der Waals surface area contributed by atoms with E-state index in [0.717, 1.165) is 31.2 Å². The third-order valence-corrected chi connectivity index (χ3v) is 3.95. The lowest BCUT2D eigenvalue weighted by atomic mass is 10.1. The molecular weight excluding hydrogens is 296 g/mol. The summed E-state index contributed by atoms with van der Waals surface area (Å²) >= 11 is 0. The number of rotatable bonds is 5. The largest absolute Gasteiger partial charge is 0.296 e. The van der Waals surface area contributed by atoms with Crippen molar-refractivity contribution >= 4 is 15.8 Å². The first-order valence-electron chi connectivity index (χ1n) is 6.67. The predicted molar refractivity (Wildman–Crippen MR) is 77.3 cm³/mol. The Morgan fingerprint density at radius 2 is 2.05 bits per heavy atom. The fraction of sp³-hybridized carbons (Fsp3) is 0.538. The van der Waals surface area contributed by atoms with Crippen LogP contribution in [0.3, 0.4) is 0 Å². The standard InChI is InChI=1S/C13H18N2O5S/c1-21(18,19)20-13-3-2-8-14(10-13)9-11-4-6-12(7-5-11)15(16)17/h4-7,13H,2-3,8-10H2,1H3. The van der Waals surface area contributed by atoms with Gasteiger partial charge in [0.05, 0.1) is 17.3 Å². The third kappa shape index (κ3) is 5.07. The van der Waals surface area contributed by atoms with Crippen molar-refractivity contribution < 1.29 is 17.5 Å². The van der Waals surface area contributed by atoms with Crippen molar-refractivity contribution in [3.63, 3.8) is 0 Å². The van der Waals surface area contributed by atoms with E-state index in [1.54, 1.807) is 12.1 Å². The molecule has 0 aromatic heterocycles. The maximum absolute atomic E-state index is 11.2. The zero-order valence-corrected chi connectivity index (χ0v) is 12.6. The molecule has 2 rings (SSSR count). The van der Waals surface area contributed by atoms with Crippen LogP contribution in [0.2, 0.25) is 0 Å². The van der Waals surface area contributed by atoms with Gasteiger partial charge in [0, 0.05) is 25.2 Å². The van der Waals surface area contributed by atoms with Crippen LogP contribution in [-0.4, -0.2) is 43.7 Å². The quantitative estimate of drug-likeness (QED) is 0.465. The van der Waals surface area contributed by atoms with E-state index in [9.17, 15) is 18.5 Å². The van der Waals surface area contributed by atoms with E-state index in [4.69, 9.17) is 4.18 Å². The van der Waals surface area contributed by atoms with Crippen molar-refractivity contribution in [3.8, 4) is 0 Å². The topological polar surface area (TPSA) is 89.8 Å². The molecule has 1 aromatic carbocycles. The molecule has 1 aromatic rings. The van der Waals surface area contributed by atoms with Gasteiger partial charge in [-0.15, -0.1) is 0 Å². The Labute approximate surface area is 123 Å². The van der Waals surface area contributed by atoms with Crippen LogP contribution in [0, 0.1) is 10.1 Å². The van der Waals surface area contributed by atoms with Crippen molar-refractivity contribution in [3.05, 3.63) is 39.9 Å². The van der Waals surface area contributed by atoms with Gasteiger partial charge in [0.15, 0.2) is 0 Å². The van der Waals surface area contributed by atoms with Crippen LogP contribution < -0.4 is 0 Å². The molecule has 21 heavy (non-hydrogen) atoms. The second-order valence-corrected chi connectivity index (χ2v) is 6.82. The average Bonchev–Trinajstić information content (AvgIpc) is 2.37. The maximum atomic E-state index is 11.2. The number of nitrogens with zero attached hydrogens (tertiary/aromatic N) is 2. The van der Waals surface area contributed by atoms with Gasteiger partial charge in [0.2, 0.25) is 0 Å². The molecule has 1 atom stereocenters. The lowest BCUT2D eigenvalue weighted by molar-refractivity contribution is -0.384. The summed E-state index contributed by atoms with van der Waals surface area (Å²) in [6, 6.07) is 6.39. The first kappa shape index (κ1) is 15.9. The molecule has 0 spiro atoms. The number of nitro groups is 1. The van der Waals surface area contributed by atoms with Gasteiger partial charge in [0.1, 0.15) is 0 Å². The molecule has 1 heterocycles. The number of non-ortho nitro benzene ring substituents is 1. The molecule has 1 aliphatic rings. The second kappa shape index (κ2) is 6.50. The summed E-state index contributed by atoms with van der Waals surface area (Å²) in [6.45, 7) is 2.03. The van der Waals surface area contributed by atoms with Crippen LogP contribution in [0.5, 0.6) is 0 Å². The lowest BCUT2D eigenvalue weighted by Gasteiger charge is -2.31. The predicted octanol–water partition coefficient (Wildman–Crippen LogP) is 1.54. The summed E-state index contributed by atoms with van der Waals surface area (Å²) in [4.78, 5) is 12.3. The Balaban J connectivity index is 1.94. The lowest BCUT2D eigenvalue weighted by Crippen LogP contribution is -2.39. The highest BCUT2D eigenvalue weighted by molar-refractivity contribution is 7.86. The van der Waals surface area contributed by atoms with Crippen molar-refractivity contribution in [2.75, 3.05) is 19.3 Å². The average molecular weight is 314 g/mol. The first-order chi connectivity index (χ1) is 9.83. The fourth-order valence-electron chi connectivity index (χ4n) is 2.46. The highest BCUT2D eigenvalue weighted by atomic mass is 32.2. The number of hydrogen-bond donors (Lipinski definition) is 0. The number of piperidine rings is 1. The minimum absolute atomic E-state index is 0.0654. The molecule has 0 N–H and O–H groups in total. The van der Waals surface area contributed by atoms with Gasteiger partial charge in [0.25, 0.3) is 15.8 Å². The molecular formula is C13H18N2O5S. The summed E-state index contributed by atoms with van der Waals surface area (Å²) in [5.41, 5.74) is 1.02. The molecule has 1 fully saturated rings. The molecule has 0 bridgehead atoms. The van der Waals surface area contributed by atoms with E-state index < -0.39 is 15.0 Å². The highest BCUT2D eigenvalue weighted by Gasteiger charge is 2.23. The van der Waals surface area contributed by atoms with Crippen LogP contribution >= 0.6 is 0 Å². The minimum atomic E-state index is -3.44. The summed E-state index contributed by atoms with van der Waals surface area (Å²) < 4.78 is 27.4. The van der Waals surface area contributed by atoms with Gasteiger partial charge in [-0.3, -0.25) is 19.2 Å². The molecule has 1 unspecified atom stereocenters. The van der Waals surface area contributed by atoms with Gasteiger partial charge in [-0.2, -0.15) is 8.42 Å².